The molecule has 1 nitrogen and oxygen atoms in total. The van der Waals surface area contributed by atoms with E-state index < -0.39 is 29.3 Å². The molecular formula is C16H15F4N. The second kappa shape index (κ2) is 6.72. The van der Waals surface area contributed by atoms with Gasteiger partial charge in [-0.25, -0.2) is 17.6 Å². The molecule has 0 aliphatic heterocycles. The molecule has 0 spiro atoms. The first-order valence-corrected chi connectivity index (χ1v) is 6.64. The van der Waals surface area contributed by atoms with E-state index in [4.69, 9.17) is 0 Å². The van der Waals surface area contributed by atoms with Crippen molar-refractivity contribution < 1.29 is 17.6 Å². The van der Waals surface area contributed by atoms with Crippen LogP contribution in [0, 0.1) is 23.3 Å². The quantitative estimate of drug-likeness (QED) is 0.818. The van der Waals surface area contributed by atoms with Crippen LogP contribution in [-0.4, -0.2) is 6.54 Å². The van der Waals surface area contributed by atoms with Crippen molar-refractivity contribution in [1.29, 1.82) is 0 Å². The van der Waals surface area contributed by atoms with Gasteiger partial charge >= 0.3 is 0 Å². The Labute approximate surface area is 120 Å². The van der Waals surface area contributed by atoms with Gasteiger partial charge in [0.05, 0.1) is 0 Å². The lowest BCUT2D eigenvalue weighted by Crippen LogP contribution is -2.24. The monoisotopic (exact) mass is 297 g/mol. The molecular weight excluding hydrogens is 282 g/mol. The zero-order valence-electron chi connectivity index (χ0n) is 11.5. The molecule has 21 heavy (non-hydrogen) atoms. The minimum atomic E-state index is -0.738. The zero-order valence-corrected chi connectivity index (χ0v) is 11.5. The van der Waals surface area contributed by atoms with Gasteiger partial charge in [-0.2, -0.15) is 0 Å². The molecule has 1 N–H and O–H groups in total. The number of halogens is 4. The summed E-state index contributed by atoms with van der Waals surface area (Å²) in [4.78, 5) is 0. The minimum Gasteiger partial charge on any atom is -0.310 e. The van der Waals surface area contributed by atoms with Crippen LogP contribution in [-0.2, 0) is 6.42 Å². The molecule has 0 fully saturated rings. The number of benzene rings is 2. The fourth-order valence-corrected chi connectivity index (χ4v) is 2.25. The zero-order chi connectivity index (χ0) is 15.4. The van der Waals surface area contributed by atoms with Crippen molar-refractivity contribution in [2.45, 2.75) is 19.4 Å². The number of hydrogen-bond donors (Lipinski definition) is 1. The van der Waals surface area contributed by atoms with Crippen LogP contribution in [0.25, 0.3) is 0 Å². The van der Waals surface area contributed by atoms with Crippen molar-refractivity contribution >= 4 is 0 Å². The van der Waals surface area contributed by atoms with E-state index in [0.29, 0.717) is 6.54 Å². The van der Waals surface area contributed by atoms with Gasteiger partial charge in [0.1, 0.15) is 23.3 Å². The van der Waals surface area contributed by atoms with Crippen LogP contribution in [0.3, 0.4) is 0 Å². The van der Waals surface area contributed by atoms with E-state index >= 15 is 0 Å². The summed E-state index contributed by atoms with van der Waals surface area (Å²) in [7, 11) is 0. The molecule has 5 heteroatoms. The summed E-state index contributed by atoms with van der Waals surface area (Å²) in [6.07, 6.45) is -0.0606. The van der Waals surface area contributed by atoms with Gasteiger partial charge in [0.15, 0.2) is 0 Å². The van der Waals surface area contributed by atoms with Crippen LogP contribution in [0.5, 0.6) is 0 Å². The van der Waals surface area contributed by atoms with Gasteiger partial charge in [-0.05, 0) is 31.2 Å². The Bertz CT molecular complexity index is 607. The fourth-order valence-electron chi connectivity index (χ4n) is 2.25. The van der Waals surface area contributed by atoms with E-state index in [9.17, 15) is 17.6 Å². The SMILES string of the molecule is CCNC(Cc1c(F)cccc1F)c1ccc(F)cc1F. The third kappa shape index (κ3) is 3.61. The highest BCUT2D eigenvalue weighted by atomic mass is 19.1. The molecule has 2 aromatic carbocycles. The molecule has 2 aromatic rings. The highest BCUT2D eigenvalue weighted by Crippen LogP contribution is 2.24. The molecule has 0 bridgehead atoms. The highest BCUT2D eigenvalue weighted by molar-refractivity contribution is 5.27. The van der Waals surface area contributed by atoms with E-state index in [1.807, 2.05) is 0 Å². The summed E-state index contributed by atoms with van der Waals surface area (Å²) < 4.78 is 54.3. The Balaban J connectivity index is 2.35. The molecule has 0 saturated heterocycles. The van der Waals surface area contributed by atoms with Crippen molar-refractivity contribution in [3.8, 4) is 0 Å². The lowest BCUT2D eigenvalue weighted by Gasteiger charge is -2.20. The molecule has 1 atom stereocenters. The van der Waals surface area contributed by atoms with E-state index in [2.05, 4.69) is 5.32 Å². The summed E-state index contributed by atoms with van der Waals surface area (Å²) in [5, 5.41) is 2.97. The van der Waals surface area contributed by atoms with Gasteiger partial charge < -0.3 is 5.32 Å². The largest absolute Gasteiger partial charge is 0.310 e. The van der Waals surface area contributed by atoms with E-state index in [0.717, 1.165) is 24.3 Å². The Hall–Kier alpha value is -1.88. The summed E-state index contributed by atoms with van der Waals surface area (Å²) in [5.41, 5.74) is 0.0630. The van der Waals surface area contributed by atoms with Crippen LogP contribution >= 0.6 is 0 Å². The number of rotatable bonds is 5. The van der Waals surface area contributed by atoms with E-state index in [-0.39, 0.29) is 17.5 Å². The predicted octanol–water partition coefficient (Wildman–Crippen LogP) is 4.14. The maximum absolute atomic E-state index is 13.9. The second-order valence-corrected chi connectivity index (χ2v) is 4.68. The topological polar surface area (TPSA) is 12.0 Å². The minimum absolute atomic E-state index is 0.0606. The van der Waals surface area contributed by atoms with Gasteiger partial charge in [0.2, 0.25) is 0 Å². The average molecular weight is 297 g/mol. The molecule has 0 amide bonds. The second-order valence-electron chi connectivity index (χ2n) is 4.68. The third-order valence-electron chi connectivity index (χ3n) is 3.26. The van der Waals surface area contributed by atoms with Crippen molar-refractivity contribution in [3.63, 3.8) is 0 Å². The summed E-state index contributed by atoms with van der Waals surface area (Å²) in [5.74, 6) is -2.79. The average Bonchev–Trinajstić information content (AvgIpc) is 2.42. The Kier molecular flexibility index (Phi) is 4.96. The van der Waals surface area contributed by atoms with Crippen molar-refractivity contribution in [2.24, 2.45) is 0 Å². The molecule has 112 valence electrons. The lowest BCUT2D eigenvalue weighted by atomic mass is 9.97. The van der Waals surface area contributed by atoms with Crippen molar-refractivity contribution in [1.82, 2.24) is 5.32 Å². The summed E-state index contributed by atoms with van der Waals surface area (Å²) >= 11 is 0. The Morgan fingerprint density at radius 2 is 1.62 bits per heavy atom. The van der Waals surface area contributed by atoms with Crippen LogP contribution < -0.4 is 5.32 Å². The first-order valence-electron chi connectivity index (χ1n) is 6.64. The van der Waals surface area contributed by atoms with Crippen LogP contribution in [0.4, 0.5) is 17.6 Å². The summed E-state index contributed by atoms with van der Waals surface area (Å²) in [6.45, 7) is 2.28. The number of nitrogens with one attached hydrogen (secondary N) is 1. The maximum Gasteiger partial charge on any atom is 0.130 e. The van der Waals surface area contributed by atoms with Gasteiger partial charge in [0, 0.05) is 23.2 Å². The van der Waals surface area contributed by atoms with E-state index in [1.54, 1.807) is 6.92 Å². The van der Waals surface area contributed by atoms with Gasteiger partial charge in [-0.1, -0.05) is 19.1 Å². The first kappa shape index (κ1) is 15.5. The van der Waals surface area contributed by atoms with Crippen molar-refractivity contribution in [3.05, 3.63) is 70.8 Å². The first-order chi connectivity index (χ1) is 10.0. The molecule has 0 heterocycles. The molecule has 0 saturated carbocycles. The third-order valence-corrected chi connectivity index (χ3v) is 3.26. The van der Waals surface area contributed by atoms with Crippen molar-refractivity contribution in [2.75, 3.05) is 6.54 Å². The highest BCUT2D eigenvalue weighted by Gasteiger charge is 2.19. The lowest BCUT2D eigenvalue weighted by molar-refractivity contribution is 0.476. The fraction of sp³-hybridized carbons (Fsp3) is 0.250. The normalized spacial score (nSPS) is 12.4. The van der Waals surface area contributed by atoms with Crippen LogP contribution in [0.15, 0.2) is 36.4 Å². The number of hydrogen-bond acceptors (Lipinski definition) is 1. The molecule has 0 aromatic heterocycles. The maximum atomic E-state index is 13.9. The predicted molar refractivity (Wildman–Crippen MR) is 72.8 cm³/mol. The van der Waals surface area contributed by atoms with Gasteiger partial charge in [-0.15, -0.1) is 0 Å². The molecule has 1 unspecified atom stereocenters. The van der Waals surface area contributed by atoms with E-state index in [1.165, 1.54) is 12.1 Å². The number of likely N-dealkylation sites (N-methyl/N-ethyl adjacent to an activating group) is 1. The molecule has 0 radical (unpaired) electrons. The van der Waals surface area contributed by atoms with Gasteiger partial charge in [0.25, 0.3) is 0 Å². The van der Waals surface area contributed by atoms with Crippen LogP contribution in [0.2, 0.25) is 0 Å². The summed E-state index contributed by atoms with van der Waals surface area (Å²) in [6, 6.07) is 6.12. The Morgan fingerprint density at radius 1 is 0.952 bits per heavy atom. The molecule has 2 rings (SSSR count). The van der Waals surface area contributed by atoms with Crippen LogP contribution in [0.1, 0.15) is 24.1 Å². The van der Waals surface area contributed by atoms with Gasteiger partial charge in [-0.3, -0.25) is 0 Å². The molecule has 0 aliphatic rings. The Morgan fingerprint density at radius 3 is 2.19 bits per heavy atom. The molecule has 0 aliphatic carbocycles. The standard InChI is InChI=1S/C16H15F4N/c1-2-21-16(11-7-6-10(17)8-15(11)20)9-12-13(18)4-3-5-14(12)19/h3-8,16,21H,2,9H2,1H3. The smallest absolute Gasteiger partial charge is 0.130 e.